The normalized spacial score (nSPS) is 17.9. The van der Waals surface area contributed by atoms with Crippen molar-refractivity contribution >= 4 is 5.91 Å². The number of nitrogens with one attached hydrogen (secondary N) is 1. The van der Waals surface area contributed by atoms with E-state index in [-0.39, 0.29) is 5.91 Å². The van der Waals surface area contributed by atoms with Gasteiger partial charge in [-0.25, -0.2) is 0 Å². The zero-order chi connectivity index (χ0) is 10.4. The average Bonchev–Trinajstić information content (AvgIpc) is 2.95. The zero-order valence-electron chi connectivity index (χ0n) is 9.51. The van der Waals surface area contributed by atoms with Gasteiger partial charge in [0.25, 0.3) is 0 Å². The van der Waals surface area contributed by atoms with Gasteiger partial charge < -0.3 is 5.32 Å². The lowest BCUT2D eigenvalue weighted by molar-refractivity contribution is -0.122. The minimum Gasteiger partial charge on any atom is -0.353 e. The van der Waals surface area contributed by atoms with Gasteiger partial charge in [0, 0.05) is 12.0 Å². The van der Waals surface area contributed by atoms with Crippen LogP contribution in [0.25, 0.3) is 0 Å². The molecule has 1 rings (SSSR count). The van der Waals surface area contributed by atoms with Crippen LogP contribution in [-0.2, 0) is 4.79 Å². The SMILES string of the molecule is CCCCCCC(C)NC(=O)C1CC1. The van der Waals surface area contributed by atoms with Crippen molar-refractivity contribution in [1.82, 2.24) is 5.32 Å². The Bertz CT molecular complexity index is 175. The van der Waals surface area contributed by atoms with Crippen molar-refractivity contribution in [1.29, 1.82) is 0 Å². The van der Waals surface area contributed by atoms with Crippen LogP contribution in [0.2, 0.25) is 0 Å². The third-order valence-corrected chi connectivity index (χ3v) is 2.83. The van der Waals surface area contributed by atoms with E-state index in [2.05, 4.69) is 19.2 Å². The third-order valence-electron chi connectivity index (χ3n) is 2.83. The number of carbonyl (C=O) groups excluding carboxylic acids is 1. The Morgan fingerprint density at radius 2 is 2.07 bits per heavy atom. The topological polar surface area (TPSA) is 29.1 Å². The Morgan fingerprint density at radius 1 is 1.36 bits per heavy atom. The minimum absolute atomic E-state index is 0.285. The second-order valence-electron chi connectivity index (χ2n) is 4.53. The molecule has 2 heteroatoms. The van der Waals surface area contributed by atoms with Gasteiger partial charge in [0.1, 0.15) is 0 Å². The summed E-state index contributed by atoms with van der Waals surface area (Å²) in [6.07, 6.45) is 8.51. The van der Waals surface area contributed by atoms with E-state index in [0.717, 1.165) is 19.3 Å². The van der Waals surface area contributed by atoms with E-state index in [0.29, 0.717) is 12.0 Å². The largest absolute Gasteiger partial charge is 0.353 e. The standard InChI is InChI=1S/C12H23NO/c1-3-4-5-6-7-10(2)13-12(14)11-8-9-11/h10-11H,3-9H2,1-2H3,(H,13,14). The van der Waals surface area contributed by atoms with Crippen molar-refractivity contribution in [3.8, 4) is 0 Å². The third kappa shape index (κ3) is 4.64. The molecule has 0 heterocycles. The fourth-order valence-electron chi connectivity index (χ4n) is 1.66. The van der Waals surface area contributed by atoms with Crippen LogP contribution in [0.1, 0.15) is 58.8 Å². The summed E-state index contributed by atoms with van der Waals surface area (Å²) in [5.41, 5.74) is 0. The molecule has 1 amide bonds. The van der Waals surface area contributed by atoms with Crippen LogP contribution in [0.15, 0.2) is 0 Å². The number of carbonyl (C=O) groups is 1. The second kappa shape index (κ2) is 6.05. The van der Waals surface area contributed by atoms with Crippen LogP contribution in [0.4, 0.5) is 0 Å². The molecule has 0 aromatic rings. The Labute approximate surface area is 87.5 Å². The van der Waals surface area contributed by atoms with Gasteiger partial charge in [0.2, 0.25) is 5.91 Å². The average molecular weight is 197 g/mol. The molecule has 1 unspecified atom stereocenters. The summed E-state index contributed by atoms with van der Waals surface area (Å²) in [7, 11) is 0. The molecule has 1 atom stereocenters. The Kier molecular flexibility index (Phi) is 4.99. The van der Waals surface area contributed by atoms with E-state index < -0.39 is 0 Å². The molecule has 82 valence electrons. The van der Waals surface area contributed by atoms with Crippen molar-refractivity contribution in [2.75, 3.05) is 0 Å². The maximum Gasteiger partial charge on any atom is 0.223 e. The molecule has 2 nitrogen and oxygen atoms in total. The minimum atomic E-state index is 0.285. The Morgan fingerprint density at radius 3 is 2.64 bits per heavy atom. The number of hydrogen-bond acceptors (Lipinski definition) is 1. The van der Waals surface area contributed by atoms with E-state index in [9.17, 15) is 4.79 Å². The molecule has 1 aliphatic rings. The van der Waals surface area contributed by atoms with Crippen molar-refractivity contribution in [3.63, 3.8) is 0 Å². The van der Waals surface area contributed by atoms with Crippen molar-refractivity contribution in [2.45, 2.75) is 64.8 Å². The molecule has 1 saturated carbocycles. The highest BCUT2D eigenvalue weighted by molar-refractivity contribution is 5.81. The quantitative estimate of drug-likeness (QED) is 0.625. The maximum absolute atomic E-state index is 11.4. The fourth-order valence-corrected chi connectivity index (χ4v) is 1.66. The molecule has 1 aliphatic carbocycles. The van der Waals surface area contributed by atoms with Gasteiger partial charge in [0.05, 0.1) is 0 Å². The van der Waals surface area contributed by atoms with E-state index in [1.807, 2.05) is 0 Å². The highest BCUT2D eigenvalue weighted by Crippen LogP contribution is 2.28. The molecule has 0 aliphatic heterocycles. The first-order valence-corrected chi connectivity index (χ1v) is 6.04. The summed E-state index contributed by atoms with van der Waals surface area (Å²) < 4.78 is 0. The first-order valence-electron chi connectivity index (χ1n) is 6.04. The molecule has 0 saturated heterocycles. The summed E-state index contributed by atoms with van der Waals surface area (Å²) >= 11 is 0. The lowest BCUT2D eigenvalue weighted by Gasteiger charge is -2.13. The number of rotatable bonds is 7. The van der Waals surface area contributed by atoms with Crippen molar-refractivity contribution < 1.29 is 4.79 Å². The molecular weight excluding hydrogens is 174 g/mol. The van der Waals surface area contributed by atoms with Crippen molar-refractivity contribution in [2.24, 2.45) is 5.92 Å². The number of unbranched alkanes of at least 4 members (excludes halogenated alkanes) is 3. The van der Waals surface area contributed by atoms with Gasteiger partial charge >= 0.3 is 0 Å². The van der Waals surface area contributed by atoms with Gasteiger partial charge in [-0.3, -0.25) is 4.79 Å². The van der Waals surface area contributed by atoms with Gasteiger partial charge in [-0.15, -0.1) is 0 Å². The predicted octanol–water partition coefficient (Wildman–Crippen LogP) is 2.87. The predicted molar refractivity (Wildman–Crippen MR) is 59.1 cm³/mol. The van der Waals surface area contributed by atoms with Crippen LogP contribution < -0.4 is 5.32 Å². The Hall–Kier alpha value is -0.530. The molecule has 0 bridgehead atoms. The smallest absolute Gasteiger partial charge is 0.223 e. The second-order valence-corrected chi connectivity index (χ2v) is 4.53. The molecule has 0 aromatic carbocycles. The van der Waals surface area contributed by atoms with Crippen molar-refractivity contribution in [3.05, 3.63) is 0 Å². The first-order chi connectivity index (χ1) is 6.74. The van der Waals surface area contributed by atoms with Crippen LogP contribution in [-0.4, -0.2) is 11.9 Å². The molecule has 0 aromatic heterocycles. The molecular formula is C12H23NO. The fraction of sp³-hybridized carbons (Fsp3) is 0.917. The molecule has 14 heavy (non-hydrogen) atoms. The molecule has 1 fully saturated rings. The van der Waals surface area contributed by atoms with E-state index >= 15 is 0 Å². The lowest BCUT2D eigenvalue weighted by atomic mass is 10.1. The number of hydrogen-bond donors (Lipinski definition) is 1. The summed E-state index contributed by atoms with van der Waals surface area (Å²) in [6, 6.07) is 0.375. The molecule has 0 radical (unpaired) electrons. The lowest BCUT2D eigenvalue weighted by Crippen LogP contribution is -2.33. The summed E-state index contributed by atoms with van der Waals surface area (Å²) in [6.45, 7) is 4.34. The van der Waals surface area contributed by atoms with Crippen LogP contribution in [0.5, 0.6) is 0 Å². The van der Waals surface area contributed by atoms with Crippen LogP contribution in [0, 0.1) is 5.92 Å². The highest BCUT2D eigenvalue weighted by atomic mass is 16.2. The van der Waals surface area contributed by atoms with Gasteiger partial charge in [-0.2, -0.15) is 0 Å². The highest BCUT2D eigenvalue weighted by Gasteiger charge is 2.29. The number of amides is 1. The summed E-state index contributed by atoms with van der Waals surface area (Å²) in [5, 5.41) is 3.08. The van der Waals surface area contributed by atoms with E-state index in [4.69, 9.17) is 0 Å². The van der Waals surface area contributed by atoms with E-state index in [1.54, 1.807) is 0 Å². The Balaban J connectivity index is 1.97. The van der Waals surface area contributed by atoms with Gasteiger partial charge in [-0.05, 0) is 26.2 Å². The molecule has 1 N–H and O–H groups in total. The zero-order valence-corrected chi connectivity index (χ0v) is 9.51. The van der Waals surface area contributed by atoms with Gasteiger partial charge in [0.15, 0.2) is 0 Å². The van der Waals surface area contributed by atoms with Gasteiger partial charge in [-0.1, -0.05) is 32.6 Å². The summed E-state index contributed by atoms with van der Waals surface area (Å²) in [5.74, 6) is 0.640. The molecule has 0 spiro atoms. The van der Waals surface area contributed by atoms with Crippen LogP contribution in [0.3, 0.4) is 0 Å². The van der Waals surface area contributed by atoms with Crippen LogP contribution >= 0.6 is 0 Å². The monoisotopic (exact) mass is 197 g/mol. The maximum atomic E-state index is 11.4. The summed E-state index contributed by atoms with van der Waals surface area (Å²) in [4.78, 5) is 11.4. The first kappa shape index (κ1) is 11.5. The van der Waals surface area contributed by atoms with E-state index in [1.165, 1.54) is 25.7 Å².